The van der Waals surface area contributed by atoms with Gasteiger partial charge in [-0.15, -0.1) is 21.5 Å². The number of piperidine rings is 1. The van der Waals surface area contributed by atoms with E-state index in [4.69, 9.17) is 0 Å². The third-order valence-electron chi connectivity index (χ3n) is 3.97. The van der Waals surface area contributed by atoms with Gasteiger partial charge in [-0.3, -0.25) is 9.69 Å². The second-order valence-electron chi connectivity index (χ2n) is 5.76. The number of amides is 1. The fourth-order valence-corrected chi connectivity index (χ4v) is 3.88. The van der Waals surface area contributed by atoms with Crippen LogP contribution in [0.15, 0.2) is 28.7 Å². The first kappa shape index (κ1) is 16.5. The van der Waals surface area contributed by atoms with Crippen molar-refractivity contribution in [2.24, 2.45) is 0 Å². The van der Waals surface area contributed by atoms with Gasteiger partial charge >= 0.3 is 0 Å². The minimum Gasteiger partial charge on any atom is -0.325 e. The molecule has 1 fully saturated rings. The average molecular weight is 395 g/mol. The largest absolute Gasteiger partial charge is 0.325 e. The number of aryl methyl sites for hydroxylation is 1. The van der Waals surface area contributed by atoms with Crippen molar-refractivity contribution < 1.29 is 4.79 Å². The molecule has 0 unspecified atom stereocenters. The summed E-state index contributed by atoms with van der Waals surface area (Å²) in [5, 5.41) is 13.5. The van der Waals surface area contributed by atoms with Crippen LogP contribution in [0.4, 0.5) is 5.69 Å². The molecular weight excluding hydrogens is 376 g/mol. The van der Waals surface area contributed by atoms with E-state index in [1.165, 1.54) is 0 Å². The lowest BCUT2D eigenvalue weighted by atomic mass is 9.98. The van der Waals surface area contributed by atoms with E-state index in [-0.39, 0.29) is 5.91 Å². The van der Waals surface area contributed by atoms with Crippen molar-refractivity contribution in [2.75, 3.05) is 25.0 Å². The van der Waals surface area contributed by atoms with Gasteiger partial charge in [-0.1, -0.05) is 15.9 Å². The van der Waals surface area contributed by atoms with E-state index >= 15 is 0 Å². The van der Waals surface area contributed by atoms with Crippen LogP contribution in [0.2, 0.25) is 0 Å². The lowest BCUT2D eigenvalue weighted by molar-refractivity contribution is -0.117. The molecule has 0 spiro atoms. The Morgan fingerprint density at radius 2 is 2.00 bits per heavy atom. The lowest BCUT2D eigenvalue weighted by Crippen LogP contribution is -2.38. The van der Waals surface area contributed by atoms with Gasteiger partial charge in [-0.05, 0) is 57.1 Å². The Morgan fingerprint density at radius 3 is 2.61 bits per heavy atom. The molecule has 1 aromatic heterocycles. The molecule has 0 radical (unpaired) electrons. The molecule has 2 aromatic rings. The molecule has 0 atom stereocenters. The van der Waals surface area contributed by atoms with E-state index in [0.29, 0.717) is 12.5 Å². The van der Waals surface area contributed by atoms with Gasteiger partial charge in [-0.2, -0.15) is 0 Å². The highest BCUT2D eigenvalue weighted by atomic mass is 79.9. The molecule has 5 nitrogen and oxygen atoms in total. The number of hydrogen-bond acceptors (Lipinski definition) is 5. The topological polar surface area (TPSA) is 58.1 Å². The number of rotatable bonds is 4. The van der Waals surface area contributed by atoms with E-state index in [1.54, 1.807) is 11.3 Å². The summed E-state index contributed by atoms with van der Waals surface area (Å²) in [5.41, 5.74) is 0.831. The molecule has 1 N–H and O–H groups in total. The normalized spacial score (nSPS) is 16.4. The molecule has 1 amide bonds. The first-order valence-corrected chi connectivity index (χ1v) is 9.29. The van der Waals surface area contributed by atoms with Crippen LogP contribution in [0.5, 0.6) is 0 Å². The second kappa shape index (κ2) is 7.51. The predicted octanol–water partition coefficient (Wildman–Crippen LogP) is 3.43. The molecule has 1 aliphatic heterocycles. The Morgan fingerprint density at radius 1 is 1.30 bits per heavy atom. The zero-order valence-electron chi connectivity index (χ0n) is 13.0. The van der Waals surface area contributed by atoms with Crippen LogP contribution < -0.4 is 5.32 Å². The zero-order valence-corrected chi connectivity index (χ0v) is 15.4. The average Bonchev–Trinajstić information content (AvgIpc) is 2.97. The highest BCUT2D eigenvalue weighted by Gasteiger charge is 2.24. The Kier molecular flexibility index (Phi) is 5.40. The van der Waals surface area contributed by atoms with Crippen LogP contribution in [0.3, 0.4) is 0 Å². The standard InChI is InChI=1S/C16H19BrN4OS/c1-11-19-20-16(23-11)12-6-8-21(9-7-12)10-15(22)18-14-4-2-13(17)3-5-14/h2-5,12H,6-10H2,1H3,(H,18,22). The van der Waals surface area contributed by atoms with E-state index in [2.05, 4.69) is 36.3 Å². The summed E-state index contributed by atoms with van der Waals surface area (Å²) in [4.78, 5) is 14.3. The van der Waals surface area contributed by atoms with Crippen molar-refractivity contribution in [1.82, 2.24) is 15.1 Å². The number of carbonyl (C=O) groups excluding carboxylic acids is 1. The van der Waals surface area contributed by atoms with Crippen molar-refractivity contribution in [3.05, 3.63) is 38.8 Å². The Hall–Kier alpha value is -1.31. The molecular formula is C16H19BrN4OS. The first-order chi connectivity index (χ1) is 11.1. The second-order valence-corrected chi connectivity index (χ2v) is 7.89. The monoisotopic (exact) mass is 394 g/mol. The van der Waals surface area contributed by atoms with Crippen LogP contribution in [0.1, 0.15) is 28.8 Å². The molecule has 122 valence electrons. The molecule has 7 heteroatoms. The third-order valence-corrected chi connectivity index (χ3v) is 5.50. The van der Waals surface area contributed by atoms with Gasteiger partial charge in [-0.25, -0.2) is 0 Å². The van der Waals surface area contributed by atoms with E-state index in [1.807, 2.05) is 31.2 Å². The quantitative estimate of drug-likeness (QED) is 0.862. The predicted molar refractivity (Wildman–Crippen MR) is 95.8 cm³/mol. The fourth-order valence-electron chi connectivity index (χ4n) is 2.75. The summed E-state index contributed by atoms with van der Waals surface area (Å²) in [7, 11) is 0. The van der Waals surface area contributed by atoms with E-state index in [0.717, 1.165) is 46.1 Å². The molecule has 0 bridgehead atoms. The Balaban J connectivity index is 1.46. The lowest BCUT2D eigenvalue weighted by Gasteiger charge is -2.30. The van der Waals surface area contributed by atoms with Gasteiger partial charge in [0.15, 0.2) is 0 Å². The van der Waals surface area contributed by atoms with Crippen molar-refractivity contribution >= 4 is 38.9 Å². The number of hydrogen-bond donors (Lipinski definition) is 1. The number of aromatic nitrogens is 2. The van der Waals surface area contributed by atoms with Gasteiger partial charge in [0, 0.05) is 16.1 Å². The summed E-state index contributed by atoms with van der Waals surface area (Å²) < 4.78 is 1.00. The number of carbonyl (C=O) groups is 1. The molecule has 0 saturated carbocycles. The third kappa shape index (κ3) is 4.59. The smallest absolute Gasteiger partial charge is 0.238 e. The summed E-state index contributed by atoms with van der Waals surface area (Å²) >= 11 is 5.08. The SMILES string of the molecule is Cc1nnc(C2CCN(CC(=O)Nc3ccc(Br)cc3)CC2)s1. The molecule has 1 saturated heterocycles. The van der Waals surface area contributed by atoms with Crippen LogP contribution in [0.25, 0.3) is 0 Å². The summed E-state index contributed by atoms with van der Waals surface area (Å²) in [6.07, 6.45) is 2.08. The fraction of sp³-hybridized carbons (Fsp3) is 0.438. The van der Waals surface area contributed by atoms with Crippen LogP contribution in [-0.2, 0) is 4.79 Å². The summed E-state index contributed by atoms with van der Waals surface area (Å²) in [6, 6.07) is 7.63. The van der Waals surface area contributed by atoms with Crippen molar-refractivity contribution in [3.63, 3.8) is 0 Å². The highest BCUT2D eigenvalue weighted by molar-refractivity contribution is 9.10. The van der Waals surface area contributed by atoms with Crippen LogP contribution in [0, 0.1) is 6.92 Å². The number of nitrogens with one attached hydrogen (secondary N) is 1. The van der Waals surface area contributed by atoms with Crippen molar-refractivity contribution in [2.45, 2.75) is 25.7 Å². The van der Waals surface area contributed by atoms with Gasteiger partial charge < -0.3 is 5.32 Å². The van der Waals surface area contributed by atoms with E-state index in [9.17, 15) is 4.79 Å². The number of nitrogens with zero attached hydrogens (tertiary/aromatic N) is 3. The molecule has 1 aromatic carbocycles. The highest BCUT2D eigenvalue weighted by Crippen LogP contribution is 2.29. The van der Waals surface area contributed by atoms with Crippen LogP contribution in [-0.4, -0.2) is 40.6 Å². The minimum atomic E-state index is 0.0394. The number of likely N-dealkylation sites (tertiary alicyclic amines) is 1. The first-order valence-electron chi connectivity index (χ1n) is 7.68. The maximum absolute atomic E-state index is 12.1. The summed E-state index contributed by atoms with van der Waals surface area (Å²) in [5.74, 6) is 0.532. The van der Waals surface area contributed by atoms with Crippen molar-refractivity contribution in [1.29, 1.82) is 0 Å². The van der Waals surface area contributed by atoms with E-state index < -0.39 is 0 Å². The molecule has 3 rings (SSSR count). The van der Waals surface area contributed by atoms with Gasteiger partial charge in [0.25, 0.3) is 0 Å². The molecule has 0 aliphatic carbocycles. The van der Waals surface area contributed by atoms with Gasteiger partial charge in [0.1, 0.15) is 10.0 Å². The maximum atomic E-state index is 12.1. The molecule has 2 heterocycles. The zero-order chi connectivity index (χ0) is 16.2. The number of halogens is 1. The summed E-state index contributed by atoms with van der Waals surface area (Å²) in [6.45, 7) is 4.29. The molecule has 1 aliphatic rings. The minimum absolute atomic E-state index is 0.0394. The van der Waals surface area contributed by atoms with Gasteiger partial charge in [0.05, 0.1) is 6.54 Å². The van der Waals surface area contributed by atoms with Gasteiger partial charge in [0.2, 0.25) is 5.91 Å². The van der Waals surface area contributed by atoms with Crippen LogP contribution >= 0.6 is 27.3 Å². The Bertz CT molecular complexity index is 665. The maximum Gasteiger partial charge on any atom is 0.238 e. The number of anilines is 1. The van der Waals surface area contributed by atoms with Crippen molar-refractivity contribution in [3.8, 4) is 0 Å². The number of benzene rings is 1. The Labute approximate surface area is 148 Å². The molecule has 23 heavy (non-hydrogen) atoms.